The smallest absolute Gasteiger partial charge is 0.306 e. The van der Waals surface area contributed by atoms with Crippen LogP contribution in [0.15, 0.2) is 24.5 Å². The van der Waals surface area contributed by atoms with Gasteiger partial charge in [-0.05, 0) is 17.5 Å². The van der Waals surface area contributed by atoms with E-state index < -0.39 is 11.9 Å². The average Bonchev–Trinajstić information content (AvgIpc) is 2.58. The molecule has 0 aliphatic rings. The van der Waals surface area contributed by atoms with E-state index in [1.165, 1.54) is 4.40 Å². The van der Waals surface area contributed by atoms with Crippen LogP contribution in [0, 0.1) is 0 Å². The number of nitrogens with zero attached hydrogens (tertiary/aromatic N) is 2. The highest BCUT2D eigenvalue weighted by molar-refractivity contribution is 5.42. The molecular formula is C11H11F3N2. The number of aromatic nitrogens is 2. The molecule has 5 heteroatoms. The molecule has 0 unspecified atom stereocenters. The first-order chi connectivity index (χ1) is 7.38. The highest BCUT2D eigenvalue weighted by atomic mass is 19.4. The van der Waals surface area contributed by atoms with Gasteiger partial charge in [-0.3, -0.25) is 0 Å². The van der Waals surface area contributed by atoms with Crippen LogP contribution in [0.25, 0.3) is 5.65 Å². The molecule has 2 aromatic rings. The van der Waals surface area contributed by atoms with Gasteiger partial charge in [-0.15, -0.1) is 0 Å². The number of halogens is 3. The number of pyridine rings is 1. The van der Waals surface area contributed by atoms with Gasteiger partial charge in [0.1, 0.15) is 5.65 Å². The van der Waals surface area contributed by atoms with Gasteiger partial charge in [-0.25, -0.2) is 4.98 Å². The second kappa shape index (κ2) is 3.50. The lowest BCUT2D eigenvalue weighted by Gasteiger charge is -2.04. The van der Waals surface area contributed by atoms with Gasteiger partial charge in [0.05, 0.1) is 0 Å². The number of hydrogen-bond acceptors (Lipinski definition) is 1. The molecule has 0 N–H and O–H groups in total. The molecule has 0 spiro atoms. The normalized spacial score (nSPS) is 12.6. The zero-order chi connectivity index (χ0) is 11.9. The summed E-state index contributed by atoms with van der Waals surface area (Å²) in [7, 11) is 0. The second-order valence-corrected chi connectivity index (χ2v) is 4.01. The zero-order valence-corrected chi connectivity index (χ0v) is 8.92. The van der Waals surface area contributed by atoms with E-state index in [4.69, 9.17) is 0 Å². The van der Waals surface area contributed by atoms with Crippen LogP contribution in [0.2, 0.25) is 0 Å². The topological polar surface area (TPSA) is 17.3 Å². The van der Waals surface area contributed by atoms with Crippen molar-refractivity contribution in [3.8, 4) is 0 Å². The molecule has 0 saturated carbocycles. The zero-order valence-electron chi connectivity index (χ0n) is 8.92. The number of imidazole rings is 1. The molecule has 0 amide bonds. The average molecular weight is 228 g/mol. The third-order valence-corrected chi connectivity index (χ3v) is 2.43. The third kappa shape index (κ3) is 1.89. The fourth-order valence-corrected chi connectivity index (χ4v) is 1.49. The van der Waals surface area contributed by atoms with Gasteiger partial charge in [0, 0.05) is 12.4 Å². The van der Waals surface area contributed by atoms with E-state index in [-0.39, 0.29) is 5.92 Å². The molecule has 0 fully saturated rings. The van der Waals surface area contributed by atoms with Crippen molar-refractivity contribution < 1.29 is 13.2 Å². The van der Waals surface area contributed by atoms with E-state index in [0.717, 1.165) is 11.8 Å². The molecule has 0 atom stereocenters. The molecule has 0 aromatic carbocycles. The Labute approximate surface area is 90.7 Å². The fourth-order valence-electron chi connectivity index (χ4n) is 1.49. The van der Waals surface area contributed by atoms with E-state index in [9.17, 15) is 13.2 Å². The maximum atomic E-state index is 12.4. The van der Waals surface area contributed by atoms with Crippen LogP contribution >= 0.6 is 0 Å². The van der Waals surface area contributed by atoms with Crippen LogP contribution in [-0.4, -0.2) is 9.38 Å². The van der Waals surface area contributed by atoms with Crippen molar-refractivity contribution >= 4 is 5.65 Å². The number of hydrogen-bond donors (Lipinski definition) is 0. The molecule has 0 aliphatic heterocycles. The molecule has 0 radical (unpaired) electrons. The maximum absolute atomic E-state index is 12.4. The van der Waals surface area contributed by atoms with Crippen LogP contribution in [0.1, 0.15) is 31.0 Å². The van der Waals surface area contributed by atoms with Crippen LogP contribution in [-0.2, 0) is 6.18 Å². The van der Waals surface area contributed by atoms with E-state index in [1.807, 2.05) is 13.8 Å². The molecule has 2 heterocycles. The van der Waals surface area contributed by atoms with Gasteiger partial charge in [0.15, 0.2) is 5.69 Å². The maximum Gasteiger partial charge on any atom is 0.434 e. The predicted molar refractivity (Wildman–Crippen MR) is 54.3 cm³/mol. The van der Waals surface area contributed by atoms with Gasteiger partial charge >= 0.3 is 6.18 Å². The number of fused-ring (bicyclic) bond motifs is 1. The highest BCUT2D eigenvalue weighted by Crippen LogP contribution is 2.28. The van der Waals surface area contributed by atoms with Crippen molar-refractivity contribution in [3.05, 3.63) is 35.8 Å². The Bertz CT molecular complexity index is 511. The van der Waals surface area contributed by atoms with Crippen molar-refractivity contribution in [1.82, 2.24) is 9.38 Å². The third-order valence-electron chi connectivity index (χ3n) is 2.43. The summed E-state index contributed by atoms with van der Waals surface area (Å²) in [5, 5.41) is 0. The first kappa shape index (κ1) is 11.0. The standard InChI is InChI=1S/C11H11F3N2/c1-7(2)8-3-4-10-15-9(11(12,13)14)6-16(10)5-8/h3-7H,1-2H3. The molecule has 86 valence electrons. The fraction of sp³-hybridized carbons (Fsp3) is 0.364. The molecule has 16 heavy (non-hydrogen) atoms. The van der Waals surface area contributed by atoms with Crippen LogP contribution in [0.5, 0.6) is 0 Å². The number of alkyl halides is 3. The van der Waals surface area contributed by atoms with Crippen LogP contribution in [0.4, 0.5) is 13.2 Å². The minimum absolute atomic E-state index is 0.279. The van der Waals surface area contributed by atoms with E-state index in [1.54, 1.807) is 18.3 Å². The highest BCUT2D eigenvalue weighted by Gasteiger charge is 2.33. The molecule has 0 aliphatic carbocycles. The largest absolute Gasteiger partial charge is 0.434 e. The van der Waals surface area contributed by atoms with Gasteiger partial charge < -0.3 is 4.40 Å². The Morgan fingerprint density at radius 2 is 1.88 bits per heavy atom. The van der Waals surface area contributed by atoms with Crippen molar-refractivity contribution in [1.29, 1.82) is 0 Å². The molecule has 2 aromatic heterocycles. The van der Waals surface area contributed by atoms with Crippen molar-refractivity contribution in [2.24, 2.45) is 0 Å². The molecule has 2 nitrogen and oxygen atoms in total. The van der Waals surface area contributed by atoms with E-state index in [0.29, 0.717) is 5.65 Å². The summed E-state index contributed by atoms with van der Waals surface area (Å²) in [5.41, 5.74) is 0.448. The van der Waals surface area contributed by atoms with Gasteiger partial charge in [-0.1, -0.05) is 19.9 Å². The summed E-state index contributed by atoms with van der Waals surface area (Å²) < 4.78 is 38.6. The minimum Gasteiger partial charge on any atom is -0.306 e. The predicted octanol–water partition coefficient (Wildman–Crippen LogP) is 3.48. The Morgan fingerprint density at radius 3 is 2.44 bits per heavy atom. The summed E-state index contributed by atoms with van der Waals surface area (Å²) in [6.07, 6.45) is -1.69. The van der Waals surface area contributed by atoms with Crippen molar-refractivity contribution in [2.45, 2.75) is 25.9 Å². The lowest BCUT2D eigenvalue weighted by atomic mass is 10.1. The SMILES string of the molecule is CC(C)c1ccc2nc(C(F)(F)F)cn2c1. The Morgan fingerprint density at radius 1 is 1.19 bits per heavy atom. The summed E-state index contributed by atoms with van der Waals surface area (Å²) in [6, 6.07) is 3.40. The van der Waals surface area contributed by atoms with E-state index >= 15 is 0 Å². The Balaban J connectivity index is 2.54. The first-order valence-electron chi connectivity index (χ1n) is 4.94. The molecule has 0 saturated heterocycles. The minimum atomic E-state index is -4.38. The summed E-state index contributed by atoms with van der Waals surface area (Å²) in [5.74, 6) is 0.279. The first-order valence-corrected chi connectivity index (χ1v) is 4.94. The second-order valence-electron chi connectivity index (χ2n) is 4.01. The molecular weight excluding hydrogens is 217 g/mol. The number of rotatable bonds is 1. The van der Waals surface area contributed by atoms with Crippen molar-refractivity contribution in [2.75, 3.05) is 0 Å². The summed E-state index contributed by atoms with van der Waals surface area (Å²) in [6.45, 7) is 3.98. The van der Waals surface area contributed by atoms with Gasteiger partial charge in [0.2, 0.25) is 0 Å². The van der Waals surface area contributed by atoms with Gasteiger partial charge in [0.25, 0.3) is 0 Å². The van der Waals surface area contributed by atoms with E-state index in [2.05, 4.69) is 4.98 Å². The Hall–Kier alpha value is -1.52. The van der Waals surface area contributed by atoms with Crippen molar-refractivity contribution in [3.63, 3.8) is 0 Å². The Kier molecular flexibility index (Phi) is 2.40. The summed E-state index contributed by atoms with van der Waals surface area (Å²) >= 11 is 0. The van der Waals surface area contributed by atoms with Crippen LogP contribution < -0.4 is 0 Å². The lowest BCUT2D eigenvalue weighted by Crippen LogP contribution is -2.04. The van der Waals surface area contributed by atoms with Crippen LogP contribution in [0.3, 0.4) is 0 Å². The lowest BCUT2D eigenvalue weighted by molar-refractivity contribution is -0.140. The molecule has 0 bridgehead atoms. The van der Waals surface area contributed by atoms with Gasteiger partial charge in [-0.2, -0.15) is 13.2 Å². The quantitative estimate of drug-likeness (QED) is 0.730. The molecule has 2 rings (SSSR count). The summed E-state index contributed by atoms with van der Waals surface area (Å²) in [4.78, 5) is 3.52. The monoisotopic (exact) mass is 228 g/mol.